The van der Waals surface area contributed by atoms with Gasteiger partial charge in [0.1, 0.15) is 19.0 Å². The molecule has 0 aliphatic carbocycles. The van der Waals surface area contributed by atoms with Gasteiger partial charge in [0.15, 0.2) is 0 Å². The van der Waals surface area contributed by atoms with Gasteiger partial charge in [-0.2, -0.15) is 0 Å². The summed E-state index contributed by atoms with van der Waals surface area (Å²) in [5.74, 6) is 0.326. The Hall–Kier alpha value is -3.41. The minimum absolute atomic E-state index is 0.0340. The lowest BCUT2D eigenvalue weighted by Crippen LogP contribution is -2.19. The van der Waals surface area contributed by atoms with Crippen molar-refractivity contribution >= 4 is 28.5 Å². The Balaban J connectivity index is 1.34. The Bertz CT molecular complexity index is 1010. The van der Waals surface area contributed by atoms with Crippen LogP contribution in [0.5, 0.6) is 5.75 Å². The molecule has 4 rings (SSSR count). The molecular weight excluding hydrogens is 344 g/mol. The van der Waals surface area contributed by atoms with Gasteiger partial charge in [-0.05, 0) is 42.3 Å². The second kappa shape index (κ2) is 7.45. The first-order valence-electron chi connectivity index (χ1n) is 8.77. The summed E-state index contributed by atoms with van der Waals surface area (Å²) in [5, 5.41) is 3.60. The number of aryl methyl sites for hydroxylation is 1. The van der Waals surface area contributed by atoms with Gasteiger partial charge in [-0.3, -0.25) is 9.78 Å². The maximum Gasteiger partial charge on any atom is 0.338 e. The number of anilines is 1. The highest BCUT2D eigenvalue weighted by atomic mass is 16.6. The Morgan fingerprint density at radius 3 is 2.89 bits per heavy atom. The molecule has 0 saturated carbocycles. The molecule has 1 aromatic heterocycles. The summed E-state index contributed by atoms with van der Waals surface area (Å²) >= 11 is 0. The molecule has 1 N–H and O–H groups in total. The maximum absolute atomic E-state index is 12.3. The number of para-hydroxylation sites is 1. The Morgan fingerprint density at radius 1 is 1.07 bits per heavy atom. The average molecular weight is 362 g/mol. The van der Waals surface area contributed by atoms with Crippen molar-refractivity contribution in [1.82, 2.24) is 4.98 Å². The fourth-order valence-corrected chi connectivity index (χ4v) is 3.10. The quantitative estimate of drug-likeness (QED) is 0.556. The first kappa shape index (κ1) is 17.0. The van der Waals surface area contributed by atoms with Crippen molar-refractivity contribution < 1.29 is 19.1 Å². The van der Waals surface area contributed by atoms with Crippen molar-refractivity contribution in [3.8, 4) is 5.75 Å². The molecule has 1 aliphatic heterocycles. The van der Waals surface area contributed by atoms with Crippen LogP contribution in [0.4, 0.5) is 5.69 Å². The summed E-state index contributed by atoms with van der Waals surface area (Å²) in [6, 6.07) is 14.6. The zero-order valence-corrected chi connectivity index (χ0v) is 14.6. The second-order valence-electron chi connectivity index (χ2n) is 6.23. The van der Waals surface area contributed by atoms with E-state index in [0.717, 1.165) is 22.2 Å². The van der Waals surface area contributed by atoms with Crippen LogP contribution < -0.4 is 10.1 Å². The van der Waals surface area contributed by atoms with Crippen LogP contribution in [0.3, 0.4) is 0 Å². The van der Waals surface area contributed by atoms with E-state index in [9.17, 15) is 9.59 Å². The normalized spacial score (nSPS) is 13.0. The van der Waals surface area contributed by atoms with Crippen LogP contribution in [-0.4, -0.2) is 30.1 Å². The number of rotatable bonds is 5. The summed E-state index contributed by atoms with van der Waals surface area (Å²) in [6.07, 6.45) is 2.78. The summed E-state index contributed by atoms with van der Waals surface area (Å²) in [7, 11) is 0. The molecule has 6 nitrogen and oxygen atoms in total. The highest BCUT2D eigenvalue weighted by Crippen LogP contribution is 2.26. The molecule has 2 aromatic carbocycles. The minimum atomic E-state index is -0.398. The van der Waals surface area contributed by atoms with Crippen molar-refractivity contribution in [2.24, 2.45) is 0 Å². The van der Waals surface area contributed by atoms with Crippen molar-refractivity contribution in [1.29, 1.82) is 0 Å². The number of esters is 1. The predicted octanol–water partition coefficient (Wildman–Crippen LogP) is 3.36. The predicted molar refractivity (Wildman–Crippen MR) is 101 cm³/mol. The highest BCUT2D eigenvalue weighted by molar-refractivity contribution is 6.03. The Labute approximate surface area is 156 Å². The van der Waals surface area contributed by atoms with Crippen LogP contribution in [-0.2, 0) is 16.0 Å². The van der Waals surface area contributed by atoms with E-state index in [-0.39, 0.29) is 19.1 Å². The molecule has 6 heteroatoms. The third-order valence-electron chi connectivity index (χ3n) is 4.43. The van der Waals surface area contributed by atoms with Gasteiger partial charge in [-0.25, -0.2) is 4.79 Å². The van der Waals surface area contributed by atoms with Crippen molar-refractivity contribution in [3.63, 3.8) is 0 Å². The molecule has 0 saturated heterocycles. The fraction of sp³-hybridized carbons (Fsp3) is 0.190. The number of hydrogen-bond acceptors (Lipinski definition) is 5. The van der Waals surface area contributed by atoms with Gasteiger partial charge in [-0.15, -0.1) is 0 Å². The largest absolute Gasteiger partial charge is 0.490 e. The van der Waals surface area contributed by atoms with E-state index >= 15 is 0 Å². The van der Waals surface area contributed by atoms with E-state index in [1.54, 1.807) is 18.3 Å². The summed E-state index contributed by atoms with van der Waals surface area (Å²) in [5.41, 5.74) is 3.12. The molecular formula is C21H18N2O4. The van der Waals surface area contributed by atoms with Gasteiger partial charge >= 0.3 is 5.97 Å². The number of ether oxygens (including phenoxy) is 2. The first-order valence-corrected chi connectivity index (χ1v) is 8.77. The molecule has 27 heavy (non-hydrogen) atoms. The number of pyridine rings is 1. The molecule has 0 radical (unpaired) electrons. The van der Waals surface area contributed by atoms with E-state index in [1.165, 1.54) is 0 Å². The number of nitrogens with zero attached hydrogens (tertiary/aromatic N) is 1. The molecule has 136 valence electrons. The topological polar surface area (TPSA) is 77.5 Å². The van der Waals surface area contributed by atoms with E-state index in [2.05, 4.69) is 10.3 Å². The number of fused-ring (bicyclic) bond motifs is 2. The number of carbonyl (C=O) groups excluding carboxylic acids is 2. The lowest BCUT2D eigenvalue weighted by atomic mass is 10.0. The Morgan fingerprint density at radius 2 is 1.96 bits per heavy atom. The van der Waals surface area contributed by atoms with E-state index in [0.29, 0.717) is 24.2 Å². The summed E-state index contributed by atoms with van der Waals surface area (Å²) < 4.78 is 11.0. The van der Waals surface area contributed by atoms with Crippen molar-refractivity contribution in [3.05, 3.63) is 65.9 Å². The SMILES string of the molecule is O=C1CCc2cc(OCCOC(=O)c3ccnc4ccccc34)ccc2N1. The monoisotopic (exact) mass is 362 g/mol. The van der Waals surface area contributed by atoms with Gasteiger partial charge < -0.3 is 14.8 Å². The third-order valence-corrected chi connectivity index (χ3v) is 4.43. The average Bonchev–Trinajstić information content (AvgIpc) is 2.70. The highest BCUT2D eigenvalue weighted by Gasteiger charge is 2.15. The van der Waals surface area contributed by atoms with Crippen LogP contribution >= 0.6 is 0 Å². The minimum Gasteiger partial charge on any atom is -0.490 e. The van der Waals surface area contributed by atoms with Crippen molar-refractivity contribution in [2.75, 3.05) is 18.5 Å². The van der Waals surface area contributed by atoms with Gasteiger partial charge in [-0.1, -0.05) is 18.2 Å². The van der Waals surface area contributed by atoms with Gasteiger partial charge in [0, 0.05) is 23.7 Å². The molecule has 0 spiro atoms. The van der Waals surface area contributed by atoms with Crippen LogP contribution in [0.15, 0.2) is 54.7 Å². The van der Waals surface area contributed by atoms with Crippen LogP contribution in [0, 0.1) is 0 Å². The molecule has 0 atom stereocenters. The van der Waals surface area contributed by atoms with Crippen LogP contribution in [0.2, 0.25) is 0 Å². The molecule has 0 unspecified atom stereocenters. The zero-order valence-electron chi connectivity index (χ0n) is 14.6. The molecule has 0 bridgehead atoms. The Kier molecular flexibility index (Phi) is 4.70. The summed E-state index contributed by atoms with van der Waals surface area (Å²) in [4.78, 5) is 28.0. The number of aromatic nitrogens is 1. The number of carbonyl (C=O) groups is 2. The lowest BCUT2D eigenvalue weighted by Gasteiger charge is -2.17. The van der Waals surface area contributed by atoms with Crippen molar-refractivity contribution in [2.45, 2.75) is 12.8 Å². The number of nitrogens with one attached hydrogen (secondary N) is 1. The number of hydrogen-bond donors (Lipinski definition) is 1. The van der Waals surface area contributed by atoms with E-state index in [4.69, 9.17) is 9.47 Å². The van der Waals surface area contributed by atoms with E-state index in [1.807, 2.05) is 36.4 Å². The molecule has 1 aliphatic rings. The standard InChI is InChI=1S/C21H18N2O4/c24-20-8-5-14-13-15(6-7-18(14)23-20)26-11-12-27-21(25)17-9-10-22-19-4-2-1-3-16(17)19/h1-4,6-7,9-10,13H,5,8,11-12H2,(H,23,24). The smallest absolute Gasteiger partial charge is 0.338 e. The molecule has 0 fully saturated rings. The fourth-order valence-electron chi connectivity index (χ4n) is 3.10. The molecule has 3 aromatic rings. The molecule has 1 amide bonds. The van der Waals surface area contributed by atoms with E-state index < -0.39 is 5.97 Å². The van der Waals surface area contributed by atoms with Crippen LogP contribution in [0.25, 0.3) is 10.9 Å². The number of benzene rings is 2. The zero-order chi connectivity index (χ0) is 18.6. The lowest BCUT2D eigenvalue weighted by molar-refractivity contribution is -0.116. The first-order chi connectivity index (χ1) is 13.2. The van der Waals surface area contributed by atoms with Crippen LogP contribution in [0.1, 0.15) is 22.3 Å². The summed E-state index contributed by atoms with van der Waals surface area (Å²) in [6.45, 7) is 0.392. The van der Waals surface area contributed by atoms with Gasteiger partial charge in [0.25, 0.3) is 0 Å². The van der Waals surface area contributed by atoms with Gasteiger partial charge in [0.05, 0.1) is 11.1 Å². The number of amides is 1. The van der Waals surface area contributed by atoms with Gasteiger partial charge in [0.2, 0.25) is 5.91 Å². The molecule has 2 heterocycles. The maximum atomic E-state index is 12.3. The second-order valence-corrected chi connectivity index (χ2v) is 6.23. The third kappa shape index (κ3) is 3.74.